The molecule has 0 aliphatic rings. The van der Waals surface area contributed by atoms with Gasteiger partial charge in [-0.15, -0.1) is 0 Å². The van der Waals surface area contributed by atoms with Crippen LogP contribution >= 0.6 is 0 Å². The summed E-state index contributed by atoms with van der Waals surface area (Å²) >= 11 is 0. The number of hydrogen-bond acceptors (Lipinski definition) is 4. The fourth-order valence-corrected chi connectivity index (χ4v) is 1.80. The number of hydrogen-bond donors (Lipinski definition) is 1. The molecule has 2 N–H and O–H groups in total. The zero-order chi connectivity index (χ0) is 13.8. The smallest absolute Gasteiger partial charge is 0.268 e. The molecule has 0 spiro atoms. The Labute approximate surface area is 112 Å². The van der Waals surface area contributed by atoms with Crippen LogP contribution in [-0.2, 0) is 6.54 Å². The van der Waals surface area contributed by atoms with Gasteiger partial charge in [0.05, 0.1) is 18.4 Å². The van der Waals surface area contributed by atoms with Gasteiger partial charge >= 0.3 is 0 Å². The van der Waals surface area contributed by atoms with E-state index in [1.165, 1.54) is 4.68 Å². The highest BCUT2D eigenvalue weighted by Crippen LogP contribution is 2.11. The van der Waals surface area contributed by atoms with Gasteiger partial charge in [0, 0.05) is 26.2 Å². The van der Waals surface area contributed by atoms with Crippen molar-refractivity contribution in [3.63, 3.8) is 0 Å². The van der Waals surface area contributed by atoms with Crippen LogP contribution in [0.15, 0.2) is 47.4 Å². The van der Waals surface area contributed by atoms with Crippen LogP contribution in [0, 0.1) is 0 Å². The summed E-state index contributed by atoms with van der Waals surface area (Å²) in [5.74, 6) is 0. The molecule has 0 saturated heterocycles. The number of rotatable bonds is 4. The Morgan fingerprint density at radius 3 is 2.58 bits per heavy atom. The molecule has 0 saturated carbocycles. The van der Waals surface area contributed by atoms with Crippen LogP contribution in [-0.4, -0.2) is 23.9 Å². The van der Waals surface area contributed by atoms with E-state index in [2.05, 4.69) is 5.10 Å². The number of benzene rings is 1. The molecular weight excluding hydrogens is 240 g/mol. The van der Waals surface area contributed by atoms with Crippen molar-refractivity contribution in [1.82, 2.24) is 9.78 Å². The molecule has 0 fully saturated rings. The lowest BCUT2D eigenvalue weighted by Crippen LogP contribution is -2.29. The molecule has 2 rings (SSSR count). The molecule has 2 aromatic rings. The van der Waals surface area contributed by atoms with Crippen molar-refractivity contribution in [2.24, 2.45) is 5.73 Å². The summed E-state index contributed by atoms with van der Waals surface area (Å²) in [5, 5.41) is 4.15. The topological polar surface area (TPSA) is 64.2 Å². The molecule has 0 aliphatic heterocycles. The van der Waals surface area contributed by atoms with E-state index in [9.17, 15) is 4.79 Å². The lowest BCUT2D eigenvalue weighted by atomic mass is 10.1. The molecule has 0 aliphatic carbocycles. The maximum Gasteiger partial charge on any atom is 0.268 e. The van der Waals surface area contributed by atoms with Crippen LogP contribution in [0.4, 0.5) is 5.69 Å². The van der Waals surface area contributed by atoms with E-state index in [-0.39, 0.29) is 11.6 Å². The summed E-state index contributed by atoms with van der Waals surface area (Å²) in [6, 6.07) is 11.0. The second-order valence-electron chi connectivity index (χ2n) is 4.65. The second kappa shape index (κ2) is 5.67. The number of aromatic nitrogens is 2. The predicted octanol–water partition coefficient (Wildman–Crippen LogP) is 1.01. The largest absolute Gasteiger partial charge is 0.376 e. The van der Waals surface area contributed by atoms with Gasteiger partial charge in [-0.05, 0) is 5.56 Å². The number of anilines is 1. The predicted molar refractivity (Wildman–Crippen MR) is 76.2 cm³/mol. The van der Waals surface area contributed by atoms with Crippen molar-refractivity contribution >= 4 is 5.69 Å². The normalized spacial score (nSPS) is 12.2. The Morgan fingerprint density at radius 2 is 2.00 bits per heavy atom. The van der Waals surface area contributed by atoms with Crippen LogP contribution < -0.4 is 16.2 Å². The molecule has 0 bridgehead atoms. The quantitative estimate of drug-likeness (QED) is 0.889. The van der Waals surface area contributed by atoms with Gasteiger partial charge in [-0.1, -0.05) is 30.3 Å². The maximum absolute atomic E-state index is 11.9. The Morgan fingerprint density at radius 1 is 1.32 bits per heavy atom. The molecule has 1 atom stereocenters. The summed E-state index contributed by atoms with van der Waals surface area (Å²) in [5.41, 5.74) is 7.72. The van der Waals surface area contributed by atoms with Crippen molar-refractivity contribution in [3.8, 4) is 0 Å². The van der Waals surface area contributed by atoms with Crippen molar-refractivity contribution in [1.29, 1.82) is 0 Å². The first-order chi connectivity index (χ1) is 9.08. The molecule has 19 heavy (non-hydrogen) atoms. The summed E-state index contributed by atoms with van der Waals surface area (Å²) in [4.78, 5) is 13.8. The van der Waals surface area contributed by atoms with Gasteiger partial charge in [-0.3, -0.25) is 4.79 Å². The van der Waals surface area contributed by atoms with Crippen molar-refractivity contribution in [3.05, 3.63) is 58.5 Å². The molecule has 1 aromatic carbocycles. The van der Waals surface area contributed by atoms with E-state index < -0.39 is 0 Å². The highest BCUT2D eigenvalue weighted by molar-refractivity contribution is 5.40. The first-order valence-electron chi connectivity index (χ1n) is 6.13. The minimum absolute atomic E-state index is 0.141. The summed E-state index contributed by atoms with van der Waals surface area (Å²) in [6.45, 7) is 0.372. The highest BCUT2D eigenvalue weighted by Gasteiger charge is 2.09. The molecule has 1 heterocycles. The molecule has 0 amide bonds. The first kappa shape index (κ1) is 13.3. The van der Waals surface area contributed by atoms with Crippen LogP contribution in [0.2, 0.25) is 0 Å². The molecule has 1 unspecified atom stereocenters. The van der Waals surface area contributed by atoms with Crippen LogP contribution in [0.1, 0.15) is 11.6 Å². The fourth-order valence-electron chi connectivity index (χ4n) is 1.80. The van der Waals surface area contributed by atoms with Gasteiger partial charge in [-0.2, -0.15) is 5.10 Å². The third kappa shape index (κ3) is 3.20. The van der Waals surface area contributed by atoms with Crippen LogP contribution in [0.5, 0.6) is 0 Å². The van der Waals surface area contributed by atoms with E-state index in [0.717, 1.165) is 11.3 Å². The van der Waals surface area contributed by atoms with Gasteiger partial charge in [-0.25, -0.2) is 4.68 Å². The van der Waals surface area contributed by atoms with E-state index in [1.807, 2.05) is 49.3 Å². The molecule has 100 valence electrons. The standard InChI is InChI=1S/C14H18N4O/c1-17(2)12-8-14(19)18(16-9-12)10-13(15)11-6-4-3-5-7-11/h3-9,13H,10,15H2,1-2H3. The van der Waals surface area contributed by atoms with E-state index in [0.29, 0.717) is 6.54 Å². The summed E-state index contributed by atoms with van der Waals surface area (Å²) in [7, 11) is 3.74. The third-order valence-electron chi connectivity index (χ3n) is 2.97. The average molecular weight is 258 g/mol. The van der Waals surface area contributed by atoms with Crippen molar-refractivity contribution < 1.29 is 0 Å². The Hall–Kier alpha value is -2.14. The molecule has 5 nitrogen and oxygen atoms in total. The van der Waals surface area contributed by atoms with E-state index in [4.69, 9.17) is 5.73 Å². The first-order valence-corrected chi connectivity index (χ1v) is 6.13. The monoisotopic (exact) mass is 258 g/mol. The van der Waals surface area contributed by atoms with Gasteiger partial charge in [0.25, 0.3) is 5.56 Å². The zero-order valence-corrected chi connectivity index (χ0v) is 11.2. The fraction of sp³-hybridized carbons (Fsp3) is 0.286. The lowest BCUT2D eigenvalue weighted by molar-refractivity contribution is 0.504. The van der Waals surface area contributed by atoms with E-state index >= 15 is 0 Å². The molecule has 1 aromatic heterocycles. The SMILES string of the molecule is CN(C)c1cnn(CC(N)c2ccccc2)c(=O)c1. The lowest BCUT2D eigenvalue weighted by Gasteiger charge is -2.15. The Bertz CT molecular complexity index is 592. The minimum Gasteiger partial charge on any atom is -0.376 e. The summed E-state index contributed by atoms with van der Waals surface area (Å²) in [6.07, 6.45) is 1.67. The zero-order valence-electron chi connectivity index (χ0n) is 11.2. The van der Waals surface area contributed by atoms with Crippen LogP contribution in [0.25, 0.3) is 0 Å². The molecule has 5 heteroatoms. The van der Waals surface area contributed by atoms with Gasteiger partial charge in [0.1, 0.15) is 0 Å². The van der Waals surface area contributed by atoms with E-state index in [1.54, 1.807) is 12.3 Å². The highest BCUT2D eigenvalue weighted by atomic mass is 16.1. The molecular formula is C14H18N4O. The maximum atomic E-state index is 11.9. The van der Waals surface area contributed by atoms with Gasteiger partial charge in [0.15, 0.2) is 0 Å². The summed E-state index contributed by atoms with van der Waals surface area (Å²) < 4.78 is 1.39. The minimum atomic E-state index is -0.239. The molecule has 0 radical (unpaired) electrons. The second-order valence-corrected chi connectivity index (χ2v) is 4.65. The van der Waals surface area contributed by atoms with Crippen molar-refractivity contribution in [2.75, 3.05) is 19.0 Å². The third-order valence-corrected chi connectivity index (χ3v) is 2.97. The number of nitrogens with two attached hydrogens (primary N) is 1. The number of nitrogens with zero attached hydrogens (tertiary/aromatic N) is 3. The van der Waals surface area contributed by atoms with Crippen LogP contribution in [0.3, 0.4) is 0 Å². The average Bonchev–Trinajstić information content (AvgIpc) is 2.41. The Kier molecular flexibility index (Phi) is 3.97. The van der Waals surface area contributed by atoms with Gasteiger partial charge < -0.3 is 10.6 Å². The van der Waals surface area contributed by atoms with Gasteiger partial charge in [0.2, 0.25) is 0 Å². The van der Waals surface area contributed by atoms with Crippen molar-refractivity contribution in [2.45, 2.75) is 12.6 Å². The Balaban J connectivity index is 2.18.